The number of nitro benzene ring substituents is 2. The molecule has 2 unspecified atom stereocenters. The third-order valence-electron chi connectivity index (χ3n) is 6.42. The number of rotatable bonds is 10. The van der Waals surface area contributed by atoms with E-state index in [4.69, 9.17) is 23.2 Å². The maximum absolute atomic E-state index is 14.4. The molecule has 0 aliphatic rings. The Morgan fingerprint density at radius 3 is 1.28 bits per heavy atom. The van der Waals surface area contributed by atoms with Crippen LogP contribution in [0.25, 0.3) is 12.2 Å². The Labute approximate surface area is 256 Å². The summed E-state index contributed by atoms with van der Waals surface area (Å²) >= 11 is 12.1. The lowest BCUT2D eigenvalue weighted by Gasteiger charge is -2.22. The largest absolute Gasteiger partial charge is 0.502 e. The average Bonchev–Trinajstić information content (AvgIpc) is 2.94. The van der Waals surface area contributed by atoms with Gasteiger partial charge in [-0.3, -0.25) is 20.2 Å². The van der Waals surface area contributed by atoms with Gasteiger partial charge in [0.25, 0.3) is 0 Å². The molecule has 0 saturated carbocycles. The monoisotopic (exact) mass is 640 g/mol. The second kappa shape index (κ2) is 13.1. The van der Waals surface area contributed by atoms with Crippen molar-refractivity contribution in [3.05, 3.63) is 150 Å². The number of sulfone groups is 1. The number of phenols is 2. The highest BCUT2D eigenvalue weighted by atomic mass is 35.5. The Bertz CT molecular complexity index is 1710. The van der Waals surface area contributed by atoms with Crippen LogP contribution in [0.4, 0.5) is 11.4 Å². The fourth-order valence-electron chi connectivity index (χ4n) is 4.28. The quantitative estimate of drug-likeness (QED) is 0.131. The normalized spacial score (nSPS) is 13.3. The molecule has 13 heteroatoms. The van der Waals surface area contributed by atoms with E-state index in [0.29, 0.717) is 32.3 Å². The Morgan fingerprint density at radius 1 is 0.628 bits per heavy atom. The van der Waals surface area contributed by atoms with Crippen LogP contribution in [0.1, 0.15) is 32.8 Å². The van der Waals surface area contributed by atoms with Gasteiger partial charge in [-0.2, -0.15) is 0 Å². The highest BCUT2D eigenvalue weighted by Gasteiger charge is 2.33. The SMILES string of the molecule is O=[N+]([O-])c1ccc(C=CC(c2ccc(Cl)cc2)S(=O)(=O)C(C=Cc2ccc([N+](=O)[O-])c(O)c2)c2ccc(Cl)cc2)cc1O. The summed E-state index contributed by atoms with van der Waals surface area (Å²) in [5.74, 6) is -1.15. The van der Waals surface area contributed by atoms with E-state index >= 15 is 0 Å². The number of phenolic OH excluding ortho intramolecular Hbond substituents is 2. The lowest BCUT2D eigenvalue weighted by atomic mass is 10.1. The van der Waals surface area contributed by atoms with Crippen LogP contribution >= 0.6 is 23.2 Å². The molecule has 0 bridgehead atoms. The van der Waals surface area contributed by atoms with Crippen molar-refractivity contribution in [2.24, 2.45) is 0 Å². The average molecular weight is 641 g/mol. The van der Waals surface area contributed by atoms with E-state index < -0.39 is 53.1 Å². The molecule has 0 heterocycles. The van der Waals surface area contributed by atoms with Gasteiger partial charge in [0.2, 0.25) is 0 Å². The summed E-state index contributed by atoms with van der Waals surface area (Å²) < 4.78 is 28.8. The summed E-state index contributed by atoms with van der Waals surface area (Å²) in [4.78, 5) is 20.7. The zero-order valence-corrected chi connectivity index (χ0v) is 24.3. The number of aromatic hydroxyl groups is 2. The molecular weight excluding hydrogens is 619 g/mol. The maximum atomic E-state index is 14.4. The molecule has 4 rings (SSSR count). The van der Waals surface area contributed by atoms with Gasteiger partial charge in [0.05, 0.1) is 9.85 Å². The second-order valence-corrected chi connectivity index (χ2v) is 12.3. The molecule has 2 N–H and O–H groups in total. The summed E-state index contributed by atoms with van der Waals surface area (Å²) in [5.41, 5.74) is 0.377. The van der Waals surface area contributed by atoms with Gasteiger partial charge in [-0.1, -0.05) is 71.8 Å². The standard InChI is InChI=1S/C30H22Cl2N2O8S/c31-23-9-5-21(6-10-23)29(15-3-19-1-13-25(33(37)38)27(35)17-19)43(41,42)30(22-7-11-24(32)12-8-22)16-4-20-2-14-26(34(39)40)28(36)18-20/h1-18,29-30,35-36H. The maximum Gasteiger partial charge on any atom is 0.310 e. The van der Waals surface area contributed by atoms with Gasteiger partial charge in [0.15, 0.2) is 21.3 Å². The molecule has 2 atom stereocenters. The van der Waals surface area contributed by atoms with Crippen molar-refractivity contribution in [2.75, 3.05) is 0 Å². The fraction of sp³-hybridized carbons (Fsp3) is 0.0667. The van der Waals surface area contributed by atoms with Crippen molar-refractivity contribution in [1.82, 2.24) is 0 Å². The van der Waals surface area contributed by atoms with Crippen molar-refractivity contribution in [3.8, 4) is 11.5 Å². The summed E-state index contributed by atoms with van der Waals surface area (Å²) in [6.07, 6.45) is 5.65. The highest BCUT2D eigenvalue weighted by Crippen LogP contribution is 2.39. The van der Waals surface area contributed by atoms with Crippen LogP contribution in [-0.2, 0) is 9.84 Å². The first kappa shape index (κ1) is 31.2. The van der Waals surface area contributed by atoms with E-state index in [2.05, 4.69) is 0 Å². The second-order valence-electron chi connectivity index (χ2n) is 9.26. The van der Waals surface area contributed by atoms with Crippen LogP contribution in [0.15, 0.2) is 97.1 Å². The molecule has 0 radical (unpaired) electrons. The predicted octanol–water partition coefficient (Wildman–Crippen LogP) is 7.85. The van der Waals surface area contributed by atoms with Crippen molar-refractivity contribution in [1.29, 1.82) is 0 Å². The van der Waals surface area contributed by atoms with Crippen molar-refractivity contribution >= 4 is 56.6 Å². The van der Waals surface area contributed by atoms with E-state index in [1.165, 1.54) is 60.7 Å². The number of benzene rings is 4. The minimum atomic E-state index is -4.20. The molecule has 220 valence electrons. The fourth-order valence-corrected chi connectivity index (χ4v) is 6.51. The van der Waals surface area contributed by atoms with E-state index in [9.17, 15) is 38.9 Å². The first-order chi connectivity index (χ1) is 20.4. The van der Waals surface area contributed by atoms with Gasteiger partial charge < -0.3 is 10.2 Å². The Balaban J connectivity index is 1.83. The molecule has 0 aliphatic heterocycles. The smallest absolute Gasteiger partial charge is 0.310 e. The molecule has 0 amide bonds. The molecule has 0 saturated heterocycles. The highest BCUT2D eigenvalue weighted by molar-refractivity contribution is 7.92. The van der Waals surface area contributed by atoms with Crippen LogP contribution in [0.3, 0.4) is 0 Å². The summed E-state index contributed by atoms with van der Waals surface area (Å²) in [5, 5.41) is 40.5. The Kier molecular flexibility index (Phi) is 9.50. The van der Waals surface area contributed by atoms with Gasteiger partial charge in [-0.15, -0.1) is 0 Å². The Morgan fingerprint density at radius 2 is 0.977 bits per heavy atom. The molecule has 0 spiro atoms. The minimum absolute atomic E-state index is 0.317. The summed E-state index contributed by atoms with van der Waals surface area (Å²) in [6, 6.07) is 19.6. The third-order valence-corrected chi connectivity index (χ3v) is 9.20. The first-order valence-corrected chi connectivity index (χ1v) is 14.8. The van der Waals surface area contributed by atoms with E-state index in [1.54, 1.807) is 24.3 Å². The summed E-state index contributed by atoms with van der Waals surface area (Å²) in [7, 11) is -4.20. The molecule has 0 aliphatic carbocycles. The molecule has 10 nitrogen and oxygen atoms in total. The van der Waals surface area contributed by atoms with Crippen molar-refractivity contribution < 1.29 is 28.5 Å². The minimum Gasteiger partial charge on any atom is -0.502 e. The van der Waals surface area contributed by atoms with E-state index in [0.717, 1.165) is 24.3 Å². The number of nitrogens with zero attached hydrogens (tertiary/aromatic N) is 2. The van der Waals surface area contributed by atoms with Crippen LogP contribution in [0.5, 0.6) is 11.5 Å². The Hall–Kier alpha value is -4.71. The topological polar surface area (TPSA) is 161 Å². The molecule has 4 aromatic rings. The number of hydrogen-bond acceptors (Lipinski definition) is 8. The molecule has 0 aromatic heterocycles. The summed E-state index contributed by atoms with van der Waals surface area (Å²) in [6.45, 7) is 0. The van der Waals surface area contributed by atoms with Crippen LogP contribution < -0.4 is 0 Å². The predicted molar refractivity (Wildman–Crippen MR) is 165 cm³/mol. The van der Waals surface area contributed by atoms with E-state index in [-0.39, 0.29) is 0 Å². The van der Waals surface area contributed by atoms with Gasteiger partial charge in [-0.05, 0) is 70.8 Å². The molecular formula is C30H22Cl2N2O8S. The molecule has 0 fully saturated rings. The van der Waals surface area contributed by atoms with Gasteiger partial charge in [0.1, 0.15) is 10.5 Å². The van der Waals surface area contributed by atoms with Gasteiger partial charge in [-0.25, -0.2) is 8.42 Å². The van der Waals surface area contributed by atoms with Gasteiger partial charge >= 0.3 is 11.4 Å². The van der Waals surface area contributed by atoms with Crippen LogP contribution in [0, 0.1) is 20.2 Å². The number of nitro groups is 2. The van der Waals surface area contributed by atoms with Gasteiger partial charge in [0, 0.05) is 22.2 Å². The molecule has 43 heavy (non-hydrogen) atoms. The van der Waals surface area contributed by atoms with Crippen LogP contribution in [-0.4, -0.2) is 28.5 Å². The number of halogens is 2. The lowest BCUT2D eigenvalue weighted by Crippen LogP contribution is -2.19. The molecule has 4 aromatic carbocycles. The number of hydrogen-bond donors (Lipinski definition) is 2. The van der Waals surface area contributed by atoms with Crippen molar-refractivity contribution in [3.63, 3.8) is 0 Å². The van der Waals surface area contributed by atoms with Crippen LogP contribution in [0.2, 0.25) is 10.0 Å². The lowest BCUT2D eigenvalue weighted by molar-refractivity contribution is -0.386. The van der Waals surface area contributed by atoms with E-state index in [1.807, 2.05) is 0 Å². The first-order valence-electron chi connectivity index (χ1n) is 12.4. The third kappa shape index (κ3) is 7.39. The zero-order chi connectivity index (χ0) is 31.3. The van der Waals surface area contributed by atoms with Crippen molar-refractivity contribution in [2.45, 2.75) is 10.5 Å². The zero-order valence-electron chi connectivity index (χ0n) is 21.9.